The maximum atomic E-state index is 13.1. The molecule has 2 N–H and O–H groups in total. The SMILES string of the molecule is COc1ccc(C(N)C(F)(F)C(F)(F)F)cc1OC. The van der Waals surface area contributed by atoms with Gasteiger partial charge in [-0.2, -0.15) is 22.0 Å². The molecule has 108 valence electrons. The summed E-state index contributed by atoms with van der Waals surface area (Å²) in [5.74, 6) is -4.81. The molecule has 0 aliphatic rings. The number of alkyl halides is 5. The van der Waals surface area contributed by atoms with E-state index < -0.39 is 23.7 Å². The summed E-state index contributed by atoms with van der Waals surface area (Å²) in [7, 11) is 2.54. The number of methoxy groups -OCH3 is 2. The molecule has 0 bridgehead atoms. The van der Waals surface area contributed by atoms with Gasteiger partial charge in [-0.3, -0.25) is 0 Å². The van der Waals surface area contributed by atoms with E-state index in [1.807, 2.05) is 0 Å². The Bertz CT molecular complexity index is 447. The lowest BCUT2D eigenvalue weighted by Crippen LogP contribution is -2.45. The second-order valence-corrected chi connectivity index (χ2v) is 3.71. The predicted molar refractivity (Wildman–Crippen MR) is 57.5 cm³/mol. The molecule has 1 atom stereocenters. The second kappa shape index (κ2) is 5.20. The normalized spacial score (nSPS) is 14.1. The van der Waals surface area contributed by atoms with Gasteiger partial charge in [0.05, 0.1) is 14.2 Å². The van der Waals surface area contributed by atoms with Crippen LogP contribution in [0.15, 0.2) is 18.2 Å². The average Bonchev–Trinajstić information content (AvgIpc) is 2.35. The van der Waals surface area contributed by atoms with Gasteiger partial charge in [0.2, 0.25) is 0 Å². The van der Waals surface area contributed by atoms with Gasteiger partial charge in [0.25, 0.3) is 0 Å². The van der Waals surface area contributed by atoms with Crippen LogP contribution in [0.5, 0.6) is 11.5 Å². The smallest absolute Gasteiger partial charge is 0.455 e. The van der Waals surface area contributed by atoms with Crippen LogP contribution in [0.4, 0.5) is 22.0 Å². The highest BCUT2D eigenvalue weighted by Crippen LogP contribution is 2.44. The summed E-state index contributed by atoms with van der Waals surface area (Å²) in [6, 6.07) is 0.710. The number of rotatable bonds is 4. The Hall–Kier alpha value is -1.57. The highest BCUT2D eigenvalue weighted by molar-refractivity contribution is 5.44. The van der Waals surface area contributed by atoms with Crippen LogP contribution in [0.25, 0.3) is 0 Å². The van der Waals surface area contributed by atoms with Crippen molar-refractivity contribution in [3.05, 3.63) is 23.8 Å². The van der Waals surface area contributed by atoms with Gasteiger partial charge in [-0.05, 0) is 17.7 Å². The first-order valence-electron chi connectivity index (χ1n) is 5.07. The van der Waals surface area contributed by atoms with Crippen molar-refractivity contribution in [2.75, 3.05) is 14.2 Å². The topological polar surface area (TPSA) is 44.5 Å². The van der Waals surface area contributed by atoms with Crippen LogP contribution in [-0.2, 0) is 0 Å². The first kappa shape index (κ1) is 15.5. The molecule has 0 spiro atoms. The zero-order valence-electron chi connectivity index (χ0n) is 10.1. The fourth-order valence-electron chi connectivity index (χ4n) is 1.43. The standard InChI is InChI=1S/C11H12F5NO2/c1-18-7-4-3-6(5-8(7)19-2)9(17)10(12,13)11(14,15)16/h3-5,9H,17H2,1-2H3. The van der Waals surface area contributed by atoms with Crippen LogP contribution in [-0.4, -0.2) is 26.3 Å². The third-order valence-electron chi connectivity index (χ3n) is 2.54. The molecule has 0 aliphatic carbocycles. The number of hydrogen-bond acceptors (Lipinski definition) is 3. The lowest BCUT2D eigenvalue weighted by atomic mass is 10.0. The van der Waals surface area contributed by atoms with E-state index in [1.54, 1.807) is 0 Å². The Morgan fingerprint density at radius 2 is 1.53 bits per heavy atom. The molecule has 1 aromatic rings. The number of ether oxygens (including phenoxy) is 2. The molecule has 0 saturated carbocycles. The molecule has 0 aliphatic heterocycles. The van der Waals surface area contributed by atoms with Crippen LogP contribution in [0.1, 0.15) is 11.6 Å². The molecule has 1 aromatic carbocycles. The van der Waals surface area contributed by atoms with Crippen LogP contribution >= 0.6 is 0 Å². The first-order valence-corrected chi connectivity index (χ1v) is 5.07. The van der Waals surface area contributed by atoms with E-state index in [4.69, 9.17) is 15.2 Å². The largest absolute Gasteiger partial charge is 0.493 e. The second-order valence-electron chi connectivity index (χ2n) is 3.71. The van der Waals surface area contributed by atoms with Crippen LogP contribution in [0.3, 0.4) is 0 Å². The molecule has 0 heterocycles. The van der Waals surface area contributed by atoms with Crippen molar-refractivity contribution < 1.29 is 31.4 Å². The minimum Gasteiger partial charge on any atom is -0.493 e. The van der Waals surface area contributed by atoms with E-state index in [9.17, 15) is 22.0 Å². The molecule has 1 rings (SSSR count). The molecule has 0 fully saturated rings. The van der Waals surface area contributed by atoms with Gasteiger partial charge in [-0.1, -0.05) is 6.07 Å². The predicted octanol–water partition coefficient (Wildman–Crippen LogP) is 2.90. The van der Waals surface area contributed by atoms with E-state index >= 15 is 0 Å². The van der Waals surface area contributed by atoms with Gasteiger partial charge in [0.15, 0.2) is 11.5 Å². The molecule has 0 aromatic heterocycles. The van der Waals surface area contributed by atoms with Gasteiger partial charge in [-0.25, -0.2) is 0 Å². The summed E-state index contributed by atoms with van der Waals surface area (Å²) in [5, 5.41) is 0. The molecule has 19 heavy (non-hydrogen) atoms. The van der Waals surface area contributed by atoms with Gasteiger partial charge in [0.1, 0.15) is 6.04 Å². The molecule has 0 radical (unpaired) electrons. The zero-order chi connectivity index (χ0) is 14.8. The number of halogens is 5. The number of hydrogen-bond donors (Lipinski definition) is 1. The minimum atomic E-state index is -5.72. The van der Waals surface area contributed by atoms with E-state index in [0.29, 0.717) is 0 Å². The molecular weight excluding hydrogens is 273 g/mol. The molecule has 0 saturated heterocycles. The number of nitrogens with two attached hydrogens (primary N) is 1. The van der Waals surface area contributed by atoms with Crippen LogP contribution < -0.4 is 15.2 Å². The minimum absolute atomic E-state index is 0.0217. The fourth-order valence-corrected chi connectivity index (χ4v) is 1.43. The Morgan fingerprint density at radius 3 is 1.95 bits per heavy atom. The third kappa shape index (κ3) is 2.89. The van der Waals surface area contributed by atoms with Crippen molar-refractivity contribution in [2.24, 2.45) is 5.73 Å². The third-order valence-corrected chi connectivity index (χ3v) is 2.54. The lowest BCUT2D eigenvalue weighted by molar-refractivity contribution is -0.291. The molecular formula is C11H12F5NO2. The van der Waals surface area contributed by atoms with Gasteiger partial charge in [0, 0.05) is 0 Å². The van der Waals surface area contributed by atoms with Crippen LogP contribution in [0.2, 0.25) is 0 Å². The Labute approximate surface area is 106 Å². The average molecular weight is 285 g/mol. The van der Waals surface area contributed by atoms with E-state index in [0.717, 1.165) is 12.1 Å². The molecule has 0 amide bonds. The summed E-state index contributed by atoms with van der Waals surface area (Å²) in [5.41, 5.74) is 4.60. The molecule has 1 unspecified atom stereocenters. The van der Waals surface area contributed by atoms with Crippen molar-refractivity contribution >= 4 is 0 Å². The van der Waals surface area contributed by atoms with Gasteiger partial charge < -0.3 is 15.2 Å². The lowest BCUT2D eigenvalue weighted by Gasteiger charge is -2.26. The highest BCUT2D eigenvalue weighted by atomic mass is 19.4. The van der Waals surface area contributed by atoms with Crippen molar-refractivity contribution in [1.29, 1.82) is 0 Å². The highest BCUT2D eigenvalue weighted by Gasteiger charge is 2.61. The summed E-state index contributed by atoms with van der Waals surface area (Å²) in [4.78, 5) is 0. The maximum absolute atomic E-state index is 13.1. The summed E-state index contributed by atoms with van der Waals surface area (Å²) < 4.78 is 72.5. The van der Waals surface area contributed by atoms with E-state index in [2.05, 4.69) is 0 Å². The van der Waals surface area contributed by atoms with Gasteiger partial charge >= 0.3 is 12.1 Å². The summed E-state index contributed by atoms with van der Waals surface area (Å²) in [6.45, 7) is 0. The van der Waals surface area contributed by atoms with Crippen molar-refractivity contribution in [1.82, 2.24) is 0 Å². The summed E-state index contributed by atoms with van der Waals surface area (Å²) in [6.07, 6.45) is -5.72. The first-order chi connectivity index (χ1) is 8.65. The Kier molecular flexibility index (Phi) is 4.24. The van der Waals surface area contributed by atoms with E-state index in [1.165, 1.54) is 20.3 Å². The van der Waals surface area contributed by atoms with Crippen molar-refractivity contribution in [3.63, 3.8) is 0 Å². The number of benzene rings is 1. The van der Waals surface area contributed by atoms with Crippen molar-refractivity contribution in [2.45, 2.75) is 18.1 Å². The van der Waals surface area contributed by atoms with E-state index in [-0.39, 0.29) is 11.5 Å². The van der Waals surface area contributed by atoms with Gasteiger partial charge in [-0.15, -0.1) is 0 Å². The Morgan fingerprint density at radius 1 is 1.00 bits per heavy atom. The maximum Gasteiger partial charge on any atom is 0.455 e. The van der Waals surface area contributed by atoms with Crippen LogP contribution in [0, 0.1) is 0 Å². The fraction of sp³-hybridized carbons (Fsp3) is 0.455. The zero-order valence-corrected chi connectivity index (χ0v) is 10.1. The Balaban J connectivity index is 3.17. The summed E-state index contributed by atoms with van der Waals surface area (Å²) >= 11 is 0. The molecule has 3 nitrogen and oxygen atoms in total. The quantitative estimate of drug-likeness (QED) is 0.865. The monoisotopic (exact) mass is 285 g/mol. The molecule has 8 heteroatoms. The van der Waals surface area contributed by atoms with Crippen molar-refractivity contribution in [3.8, 4) is 11.5 Å².